The second-order valence-corrected chi connectivity index (χ2v) is 11.4. The number of thioether (sulfide) groups is 4. The summed E-state index contributed by atoms with van der Waals surface area (Å²) in [6.45, 7) is 0. The molecular weight excluding hydrogens is 498 g/mol. The zero-order valence-corrected chi connectivity index (χ0v) is 19.4. The van der Waals surface area contributed by atoms with Gasteiger partial charge in [-0.2, -0.15) is 13.2 Å². The number of hydrogen-bond donors (Lipinski definition) is 0. The molecule has 2 aliphatic rings. The SMILES string of the molecule is CSC1=C(SC)SC(=C2c3cccnc3-c3[nH+]cccc32)S1.O=S(=O)([O-])C(F)(F)F. The van der Waals surface area contributed by atoms with Gasteiger partial charge in [-0.1, -0.05) is 29.6 Å². The predicted octanol–water partition coefficient (Wildman–Crippen LogP) is 4.98. The minimum absolute atomic E-state index is 1.06. The van der Waals surface area contributed by atoms with Crippen LogP contribution in [0.4, 0.5) is 13.2 Å². The summed E-state index contributed by atoms with van der Waals surface area (Å²) < 4.78 is 63.1. The highest BCUT2D eigenvalue weighted by Crippen LogP contribution is 2.60. The molecule has 13 heteroatoms. The standard InChI is InChI=1S/C16H12N2S4.CHF3O3S/c1-19-15-16(20-2)22-14(21-15)11-9-5-3-7-17-12(9)13-10(11)6-4-8-18-13;2-1(3,4)8(5,6)7/h3-8H,1-2H3;(H,5,6,7). The summed E-state index contributed by atoms with van der Waals surface area (Å²) >= 11 is 7.45. The monoisotopic (exact) mass is 510 g/mol. The van der Waals surface area contributed by atoms with E-state index in [-0.39, 0.29) is 0 Å². The third-order valence-electron chi connectivity index (χ3n) is 3.84. The number of pyridine rings is 2. The van der Waals surface area contributed by atoms with Crippen LogP contribution in [0.3, 0.4) is 0 Å². The molecule has 0 unspecified atom stereocenters. The summed E-state index contributed by atoms with van der Waals surface area (Å²) in [6.07, 6.45) is 8.14. The van der Waals surface area contributed by atoms with Gasteiger partial charge in [0.1, 0.15) is 5.69 Å². The summed E-state index contributed by atoms with van der Waals surface area (Å²) in [6, 6.07) is 8.45. The van der Waals surface area contributed by atoms with Crippen LogP contribution < -0.4 is 4.98 Å². The van der Waals surface area contributed by atoms with E-state index in [9.17, 15) is 13.2 Å². The molecular formula is C17H13F3N2O3S5. The normalized spacial score (nSPS) is 15.7. The Labute approximate surface area is 188 Å². The van der Waals surface area contributed by atoms with Crippen LogP contribution in [-0.2, 0) is 10.1 Å². The number of nitrogens with zero attached hydrogens (tertiary/aromatic N) is 1. The largest absolute Gasteiger partial charge is 0.741 e. The first kappa shape index (κ1) is 23.5. The van der Waals surface area contributed by atoms with E-state index in [4.69, 9.17) is 13.0 Å². The maximum atomic E-state index is 10.7. The van der Waals surface area contributed by atoms with E-state index in [0.717, 1.165) is 11.4 Å². The Bertz CT molecular complexity index is 1080. The Morgan fingerprint density at radius 2 is 1.63 bits per heavy atom. The van der Waals surface area contributed by atoms with Crippen LogP contribution in [0.2, 0.25) is 0 Å². The first-order valence-electron chi connectivity index (χ1n) is 7.99. The van der Waals surface area contributed by atoms with E-state index >= 15 is 0 Å². The van der Waals surface area contributed by atoms with Crippen molar-refractivity contribution >= 4 is 62.7 Å². The van der Waals surface area contributed by atoms with Gasteiger partial charge in [0.05, 0.1) is 18.3 Å². The number of aromatic nitrogens is 2. The Kier molecular flexibility index (Phi) is 7.19. The van der Waals surface area contributed by atoms with Crippen molar-refractivity contribution in [1.82, 2.24) is 4.98 Å². The maximum Gasteiger partial charge on any atom is 0.485 e. The number of alkyl halides is 3. The maximum absolute atomic E-state index is 10.7. The molecule has 0 aromatic carbocycles. The van der Waals surface area contributed by atoms with Gasteiger partial charge < -0.3 is 4.55 Å². The van der Waals surface area contributed by atoms with Crippen LogP contribution in [-0.4, -0.2) is 36.0 Å². The molecule has 1 aliphatic heterocycles. The van der Waals surface area contributed by atoms with Crippen LogP contribution in [0.25, 0.3) is 17.0 Å². The Morgan fingerprint density at radius 1 is 1.07 bits per heavy atom. The number of halogens is 3. The van der Waals surface area contributed by atoms with Crippen molar-refractivity contribution in [2.24, 2.45) is 0 Å². The summed E-state index contributed by atoms with van der Waals surface area (Å²) in [5.41, 5.74) is 0.356. The van der Waals surface area contributed by atoms with Gasteiger partial charge in [-0.05, 0) is 24.6 Å². The molecule has 4 rings (SSSR count). The van der Waals surface area contributed by atoms with Gasteiger partial charge in [-0.15, -0.1) is 23.5 Å². The molecule has 1 N–H and O–H groups in total. The molecule has 2 aromatic heterocycles. The van der Waals surface area contributed by atoms with E-state index in [2.05, 4.69) is 40.7 Å². The van der Waals surface area contributed by atoms with E-state index < -0.39 is 15.6 Å². The fourth-order valence-electron chi connectivity index (χ4n) is 2.64. The third-order valence-corrected chi connectivity index (χ3v) is 9.63. The Balaban J connectivity index is 0.000000275. The van der Waals surface area contributed by atoms with Gasteiger partial charge in [-0.3, -0.25) is 0 Å². The zero-order chi connectivity index (χ0) is 22.1. The van der Waals surface area contributed by atoms with Crippen molar-refractivity contribution in [1.29, 1.82) is 0 Å². The molecule has 160 valence electrons. The molecule has 0 saturated heterocycles. The first-order chi connectivity index (χ1) is 14.1. The van der Waals surface area contributed by atoms with Gasteiger partial charge >= 0.3 is 5.51 Å². The fourth-order valence-corrected chi connectivity index (χ4v) is 7.77. The van der Waals surface area contributed by atoms with Crippen LogP contribution in [0.15, 0.2) is 49.4 Å². The van der Waals surface area contributed by atoms with Crippen LogP contribution >= 0.6 is 47.0 Å². The molecule has 0 atom stereocenters. The Hall–Kier alpha value is -1.12. The van der Waals surface area contributed by atoms with Crippen molar-refractivity contribution in [2.45, 2.75) is 5.51 Å². The van der Waals surface area contributed by atoms with Crippen molar-refractivity contribution < 1.29 is 31.1 Å². The van der Waals surface area contributed by atoms with Gasteiger partial charge in [0, 0.05) is 23.4 Å². The molecule has 2 aromatic rings. The molecule has 30 heavy (non-hydrogen) atoms. The molecule has 0 saturated carbocycles. The third kappa shape index (κ3) is 4.70. The number of rotatable bonds is 2. The quantitative estimate of drug-likeness (QED) is 0.353. The molecule has 1 aliphatic carbocycles. The lowest BCUT2D eigenvalue weighted by molar-refractivity contribution is -0.364. The average molecular weight is 511 g/mol. The van der Waals surface area contributed by atoms with Gasteiger partial charge in [0.25, 0.3) is 0 Å². The molecule has 5 nitrogen and oxygen atoms in total. The molecule has 0 bridgehead atoms. The highest BCUT2D eigenvalue weighted by Gasteiger charge is 2.37. The van der Waals surface area contributed by atoms with E-state index in [1.54, 1.807) is 0 Å². The highest BCUT2D eigenvalue weighted by atomic mass is 32.3. The summed E-state index contributed by atoms with van der Waals surface area (Å²) in [5, 5.41) is 0. The van der Waals surface area contributed by atoms with Gasteiger partial charge in [-0.25, -0.2) is 18.4 Å². The number of nitrogens with one attached hydrogen (secondary N) is 1. The van der Waals surface area contributed by atoms with E-state index in [1.807, 2.05) is 65.5 Å². The van der Waals surface area contributed by atoms with Gasteiger partial charge in [0.2, 0.25) is 5.69 Å². The molecule has 0 fully saturated rings. The van der Waals surface area contributed by atoms with E-state index in [0.29, 0.717) is 0 Å². The summed E-state index contributed by atoms with van der Waals surface area (Å²) in [5.74, 6) is 0. The second kappa shape index (κ2) is 9.17. The highest BCUT2D eigenvalue weighted by molar-refractivity contribution is 8.40. The Morgan fingerprint density at radius 3 is 2.17 bits per heavy atom. The zero-order valence-electron chi connectivity index (χ0n) is 15.3. The summed E-state index contributed by atoms with van der Waals surface area (Å²) in [7, 11) is -6.09. The fraction of sp³-hybridized carbons (Fsp3) is 0.176. The smallest absolute Gasteiger partial charge is 0.485 e. The van der Waals surface area contributed by atoms with Crippen molar-refractivity contribution in [3.63, 3.8) is 0 Å². The topological polar surface area (TPSA) is 84.2 Å². The minimum atomic E-state index is -6.09. The molecule has 3 heterocycles. The molecule has 0 amide bonds. The second-order valence-electron chi connectivity index (χ2n) is 5.61. The summed E-state index contributed by atoms with van der Waals surface area (Å²) in [4.78, 5) is 7.96. The van der Waals surface area contributed by atoms with Crippen LogP contribution in [0, 0.1) is 0 Å². The van der Waals surface area contributed by atoms with Crippen molar-refractivity contribution in [2.75, 3.05) is 12.5 Å². The minimum Gasteiger partial charge on any atom is -0.741 e. The number of fused-ring (bicyclic) bond motifs is 3. The van der Waals surface area contributed by atoms with Gasteiger partial charge in [0.15, 0.2) is 16.3 Å². The van der Waals surface area contributed by atoms with Crippen molar-refractivity contribution in [3.05, 3.63) is 60.5 Å². The lowest BCUT2D eigenvalue weighted by atomic mass is 10.1. The van der Waals surface area contributed by atoms with Crippen LogP contribution in [0.5, 0.6) is 0 Å². The molecule has 0 radical (unpaired) electrons. The van der Waals surface area contributed by atoms with Crippen LogP contribution in [0.1, 0.15) is 11.1 Å². The average Bonchev–Trinajstić information content (AvgIpc) is 3.25. The number of H-pyrrole nitrogens is 1. The first-order valence-corrected chi connectivity index (χ1v) is 13.5. The number of aromatic amines is 1. The van der Waals surface area contributed by atoms with E-state index in [1.165, 1.54) is 29.4 Å². The van der Waals surface area contributed by atoms with Crippen molar-refractivity contribution in [3.8, 4) is 11.4 Å². The molecule has 0 spiro atoms. The predicted molar refractivity (Wildman–Crippen MR) is 117 cm³/mol. The number of hydrogen-bond acceptors (Lipinski definition) is 8. The lowest BCUT2D eigenvalue weighted by Gasteiger charge is -2.08. The lowest BCUT2D eigenvalue weighted by Crippen LogP contribution is -2.21.